The van der Waals surface area contributed by atoms with Crippen molar-refractivity contribution in [3.63, 3.8) is 0 Å². The van der Waals surface area contributed by atoms with Gasteiger partial charge in [0.25, 0.3) is 0 Å². The molecule has 0 radical (unpaired) electrons. The second-order valence-electron chi connectivity index (χ2n) is 4.60. The van der Waals surface area contributed by atoms with Crippen molar-refractivity contribution in [2.45, 2.75) is 19.4 Å². The Morgan fingerprint density at radius 1 is 1.47 bits per heavy atom. The summed E-state index contributed by atoms with van der Waals surface area (Å²) in [6.45, 7) is 2.34. The van der Waals surface area contributed by atoms with Crippen LogP contribution < -0.4 is 11.1 Å². The van der Waals surface area contributed by atoms with E-state index in [1.807, 2.05) is 31.2 Å². The summed E-state index contributed by atoms with van der Waals surface area (Å²) in [5, 5.41) is 3.93. The summed E-state index contributed by atoms with van der Waals surface area (Å²) in [5.74, 6) is -0.0936. The molecule has 5 nitrogen and oxygen atoms in total. The van der Waals surface area contributed by atoms with Gasteiger partial charge in [-0.1, -0.05) is 0 Å². The van der Waals surface area contributed by atoms with Gasteiger partial charge in [-0.25, -0.2) is 0 Å². The van der Waals surface area contributed by atoms with Crippen molar-refractivity contribution >= 4 is 22.5 Å². The maximum absolute atomic E-state index is 11.8. The predicted octanol–water partition coefficient (Wildman–Crippen LogP) is 1.78. The Hall–Kier alpha value is -1.85. The molecule has 0 bridgehead atoms. The number of aromatic nitrogens is 1. The number of benzene rings is 1. The Labute approximate surface area is 112 Å². The molecule has 4 N–H and O–H groups in total. The summed E-state index contributed by atoms with van der Waals surface area (Å²) in [7, 11) is 1.56. The minimum atomic E-state index is -0.238. The number of ether oxygens (including phenoxy) is 1. The average Bonchev–Trinajstić information content (AvgIpc) is 2.75. The van der Waals surface area contributed by atoms with E-state index in [4.69, 9.17) is 10.5 Å². The number of anilines is 1. The van der Waals surface area contributed by atoms with Gasteiger partial charge in [0.05, 0.1) is 12.5 Å². The van der Waals surface area contributed by atoms with Crippen LogP contribution in [0.25, 0.3) is 10.9 Å². The van der Waals surface area contributed by atoms with Crippen molar-refractivity contribution in [3.05, 3.63) is 30.0 Å². The molecular weight excluding hydrogens is 242 g/mol. The van der Waals surface area contributed by atoms with Gasteiger partial charge in [-0.05, 0) is 31.2 Å². The zero-order valence-electron chi connectivity index (χ0n) is 11.2. The fraction of sp³-hybridized carbons (Fsp3) is 0.357. The number of carbonyl (C=O) groups excluding carboxylic acids is 1. The number of methoxy groups -OCH3 is 1. The molecule has 1 amide bonds. The van der Waals surface area contributed by atoms with Crippen LogP contribution in [-0.2, 0) is 9.53 Å². The molecule has 19 heavy (non-hydrogen) atoms. The Bertz CT molecular complexity index is 573. The topological polar surface area (TPSA) is 80.1 Å². The van der Waals surface area contributed by atoms with Crippen LogP contribution in [0.2, 0.25) is 0 Å². The van der Waals surface area contributed by atoms with Crippen LogP contribution in [0.1, 0.15) is 12.1 Å². The van der Waals surface area contributed by atoms with E-state index in [2.05, 4.69) is 10.3 Å². The molecule has 0 aliphatic heterocycles. The number of hydrogen-bond acceptors (Lipinski definition) is 3. The zero-order valence-corrected chi connectivity index (χ0v) is 11.2. The maximum Gasteiger partial charge on any atom is 0.227 e. The van der Waals surface area contributed by atoms with Crippen molar-refractivity contribution in [1.29, 1.82) is 0 Å². The smallest absolute Gasteiger partial charge is 0.227 e. The van der Waals surface area contributed by atoms with E-state index in [-0.39, 0.29) is 18.4 Å². The molecule has 1 aromatic heterocycles. The highest BCUT2D eigenvalue weighted by atomic mass is 16.5. The SMILES string of the molecule is COC(CN)CC(=O)Nc1ccc2[nH]c(C)cc2c1. The van der Waals surface area contributed by atoms with Gasteiger partial charge < -0.3 is 20.8 Å². The summed E-state index contributed by atoms with van der Waals surface area (Å²) in [5.41, 5.74) is 8.43. The number of aryl methyl sites for hydroxylation is 1. The van der Waals surface area contributed by atoms with Crippen molar-refractivity contribution in [1.82, 2.24) is 4.98 Å². The molecule has 0 saturated heterocycles. The number of rotatable bonds is 5. The monoisotopic (exact) mass is 261 g/mol. The molecule has 0 aliphatic carbocycles. The Kier molecular flexibility index (Phi) is 4.19. The number of aromatic amines is 1. The van der Waals surface area contributed by atoms with Crippen molar-refractivity contribution in [2.24, 2.45) is 5.73 Å². The molecule has 2 aromatic rings. The average molecular weight is 261 g/mol. The van der Waals surface area contributed by atoms with Gasteiger partial charge in [-0.3, -0.25) is 4.79 Å². The first-order chi connectivity index (χ1) is 9.12. The van der Waals surface area contributed by atoms with Gasteiger partial charge in [0.2, 0.25) is 5.91 Å². The first kappa shape index (κ1) is 13.6. The largest absolute Gasteiger partial charge is 0.380 e. The van der Waals surface area contributed by atoms with Crippen molar-refractivity contribution in [3.8, 4) is 0 Å². The van der Waals surface area contributed by atoms with Crippen LogP contribution in [-0.4, -0.2) is 30.6 Å². The summed E-state index contributed by atoms with van der Waals surface area (Å²) in [6.07, 6.45) is 0.0234. The van der Waals surface area contributed by atoms with Crippen LogP contribution in [0, 0.1) is 6.92 Å². The number of fused-ring (bicyclic) bond motifs is 1. The summed E-state index contributed by atoms with van der Waals surface area (Å²) in [6, 6.07) is 7.82. The highest BCUT2D eigenvalue weighted by Crippen LogP contribution is 2.20. The van der Waals surface area contributed by atoms with E-state index < -0.39 is 0 Å². The summed E-state index contributed by atoms with van der Waals surface area (Å²) in [4.78, 5) is 15.1. The number of nitrogens with two attached hydrogens (primary N) is 1. The molecule has 1 aromatic carbocycles. The lowest BCUT2D eigenvalue weighted by Crippen LogP contribution is -2.28. The lowest BCUT2D eigenvalue weighted by Gasteiger charge is -2.12. The highest BCUT2D eigenvalue weighted by Gasteiger charge is 2.11. The number of H-pyrrole nitrogens is 1. The van der Waals surface area contributed by atoms with E-state index in [0.717, 1.165) is 22.3 Å². The van der Waals surface area contributed by atoms with Gasteiger partial charge in [-0.2, -0.15) is 0 Å². The van der Waals surface area contributed by atoms with Crippen molar-refractivity contribution < 1.29 is 9.53 Å². The van der Waals surface area contributed by atoms with E-state index in [0.29, 0.717) is 6.54 Å². The maximum atomic E-state index is 11.8. The molecule has 0 aliphatic rings. The minimum absolute atomic E-state index is 0.0936. The zero-order chi connectivity index (χ0) is 13.8. The predicted molar refractivity (Wildman–Crippen MR) is 76.1 cm³/mol. The van der Waals surface area contributed by atoms with Gasteiger partial charge in [0.15, 0.2) is 0 Å². The molecule has 2 rings (SSSR count). The Morgan fingerprint density at radius 3 is 2.95 bits per heavy atom. The standard InChI is InChI=1S/C14H19N3O2/c1-9-5-10-6-11(3-4-13(10)16-9)17-14(18)7-12(8-15)19-2/h3-6,12,16H,7-8,15H2,1-2H3,(H,17,18). The number of hydrogen-bond donors (Lipinski definition) is 3. The Morgan fingerprint density at radius 2 is 2.26 bits per heavy atom. The van der Waals surface area contributed by atoms with E-state index in [1.165, 1.54) is 0 Å². The van der Waals surface area contributed by atoms with Crippen LogP contribution in [0.3, 0.4) is 0 Å². The van der Waals surface area contributed by atoms with Gasteiger partial charge in [0, 0.05) is 35.9 Å². The molecule has 1 unspecified atom stereocenters. The summed E-state index contributed by atoms with van der Waals surface area (Å²) >= 11 is 0. The van der Waals surface area contributed by atoms with Crippen LogP contribution in [0.4, 0.5) is 5.69 Å². The molecule has 1 heterocycles. The van der Waals surface area contributed by atoms with E-state index in [9.17, 15) is 4.79 Å². The third-order valence-electron chi connectivity index (χ3n) is 3.05. The second kappa shape index (κ2) is 5.86. The Balaban J connectivity index is 2.06. The first-order valence-corrected chi connectivity index (χ1v) is 6.24. The molecule has 0 fully saturated rings. The number of nitrogens with one attached hydrogen (secondary N) is 2. The summed E-state index contributed by atoms with van der Waals surface area (Å²) < 4.78 is 5.09. The highest BCUT2D eigenvalue weighted by molar-refractivity contribution is 5.94. The third kappa shape index (κ3) is 3.33. The van der Waals surface area contributed by atoms with Crippen LogP contribution in [0.5, 0.6) is 0 Å². The number of amides is 1. The lowest BCUT2D eigenvalue weighted by molar-refractivity contribution is -0.118. The van der Waals surface area contributed by atoms with Gasteiger partial charge in [-0.15, -0.1) is 0 Å². The molecular formula is C14H19N3O2. The number of carbonyl (C=O) groups is 1. The fourth-order valence-corrected chi connectivity index (χ4v) is 2.04. The van der Waals surface area contributed by atoms with E-state index >= 15 is 0 Å². The molecule has 102 valence electrons. The normalized spacial score (nSPS) is 12.6. The molecule has 0 spiro atoms. The van der Waals surface area contributed by atoms with Gasteiger partial charge in [0.1, 0.15) is 0 Å². The molecule has 1 atom stereocenters. The van der Waals surface area contributed by atoms with Crippen LogP contribution in [0.15, 0.2) is 24.3 Å². The molecule has 0 saturated carbocycles. The minimum Gasteiger partial charge on any atom is -0.380 e. The van der Waals surface area contributed by atoms with Crippen LogP contribution >= 0.6 is 0 Å². The molecule has 5 heteroatoms. The van der Waals surface area contributed by atoms with Crippen molar-refractivity contribution in [2.75, 3.05) is 19.0 Å². The lowest BCUT2D eigenvalue weighted by atomic mass is 10.2. The second-order valence-corrected chi connectivity index (χ2v) is 4.60. The van der Waals surface area contributed by atoms with E-state index in [1.54, 1.807) is 7.11 Å². The quantitative estimate of drug-likeness (QED) is 0.767. The third-order valence-corrected chi connectivity index (χ3v) is 3.05. The van der Waals surface area contributed by atoms with Gasteiger partial charge >= 0.3 is 0 Å². The fourth-order valence-electron chi connectivity index (χ4n) is 2.04. The first-order valence-electron chi connectivity index (χ1n) is 6.24.